The first kappa shape index (κ1) is 11.7. The number of rotatable bonds is 4. The van der Waals surface area contributed by atoms with Crippen molar-refractivity contribution in [3.63, 3.8) is 0 Å². The molecule has 0 aliphatic rings. The Balaban J connectivity index is 2.04. The second-order valence-electron chi connectivity index (χ2n) is 4.16. The highest BCUT2D eigenvalue weighted by Gasteiger charge is 2.10. The van der Waals surface area contributed by atoms with E-state index in [-0.39, 0.29) is 6.04 Å². The minimum Gasteiger partial charge on any atom is -0.508 e. The van der Waals surface area contributed by atoms with Crippen LogP contribution in [0, 0.1) is 6.92 Å². The fourth-order valence-electron chi connectivity index (χ4n) is 1.72. The maximum absolute atomic E-state index is 9.79. The Morgan fingerprint density at radius 3 is 2.94 bits per heavy atom. The number of aromatic nitrogens is 1. The van der Waals surface area contributed by atoms with Crippen LogP contribution in [0.2, 0.25) is 0 Å². The predicted octanol–water partition coefficient (Wildman–Crippen LogP) is 2.54. The lowest BCUT2D eigenvalue weighted by Gasteiger charge is -2.15. The van der Waals surface area contributed by atoms with Gasteiger partial charge in [0.05, 0.1) is 5.69 Å². The van der Waals surface area contributed by atoms with Crippen molar-refractivity contribution < 1.29 is 9.63 Å². The molecule has 0 saturated heterocycles. The van der Waals surface area contributed by atoms with Crippen LogP contribution in [0.5, 0.6) is 5.75 Å². The van der Waals surface area contributed by atoms with E-state index in [2.05, 4.69) is 10.5 Å². The summed E-state index contributed by atoms with van der Waals surface area (Å²) in [6, 6.07) is 7.47. The van der Waals surface area contributed by atoms with Crippen molar-refractivity contribution in [1.82, 2.24) is 10.5 Å². The van der Waals surface area contributed by atoms with Gasteiger partial charge in [0.25, 0.3) is 0 Å². The minimum absolute atomic E-state index is 0.0617. The predicted molar refractivity (Wildman–Crippen MR) is 64.6 cm³/mol. The summed E-state index contributed by atoms with van der Waals surface area (Å²) >= 11 is 0. The average molecular weight is 232 g/mol. The number of aromatic hydroxyl groups is 1. The van der Waals surface area contributed by atoms with Crippen LogP contribution in [0.4, 0.5) is 0 Å². The molecule has 17 heavy (non-hydrogen) atoms. The highest BCUT2D eigenvalue weighted by Crippen LogP contribution is 2.25. The summed E-state index contributed by atoms with van der Waals surface area (Å²) in [6.07, 6.45) is 1.55. The lowest BCUT2D eigenvalue weighted by molar-refractivity contribution is 0.404. The topological polar surface area (TPSA) is 58.3 Å². The van der Waals surface area contributed by atoms with Gasteiger partial charge in [-0.15, -0.1) is 0 Å². The van der Waals surface area contributed by atoms with Crippen LogP contribution < -0.4 is 5.32 Å². The molecule has 90 valence electrons. The van der Waals surface area contributed by atoms with Crippen molar-refractivity contribution in [3.8, 4) is 5.75 Å². The Morgan fingerprint density at radius 1 is 1.41 bits per heavy atom. The van der Waals surface area contributed by atoms with Gasteiger partial charge in [-0.1, -0.05) is 22.9 Å². The molecule has 2 N–H and O–H groups in total. The van der Waals surface area contributed by atoms with Crippen molar-refractivity contribution >= 4 is 0 Å². The molecule has 1 heterocycles. The van der Waals surface area contributed by atoms with Crippen LogP contribution >= 0.6 is 0 Å². The third kappa shape index (κ3) is 2.85. The quantitative estimate of drug-likeness (QED) is 0.850. The van der Waals surface area contributed by atoms with E-state index in [1.807, 2.05) is 32.0 Å². The van der Waals surface area contributed by atoms with E-state index in [0.29, 0.717) is 12.3 Å². The second-order valence-corrected chi connectivity index (χ2v) is 4.16. The molecule has 1 unspecified atom stereocenters. The fraction of sp³-hybridized carbons (Fsp3) is 0.308. The van der Waals surface area contributed by atoms with Crippen molar-refractivity contribution in [3.05, 3.63) is 47.3 Å². The van der Waals surface area contributed by atoms with Crippen molar-refractivity contribution in [2.75, 3.05) is 0 Å². The van der Waals surface area contributed by atoms with E-state index in [9.17, 15) is 5.11 Å². The number of hydrogen-bond donors (Lipinski definition) is 2. The van der Waals surface area contributed by atoms with Gasteiger partial charge >= 0.3 is 0 Å². The van der Waals surface area contributed by atoms with E-state index in [1.165, 1.54) is 0 Å². The normalized spacial score (nSPS) is 12.6. The van der Waals surface area contributed by atoms with Gasteiger partial charge in [-0.25, -0.2) is 0 Å². The van der Waals surface area contributed by atoms with Gasteiger partial charge in [0, 0.05) is 24.2 Å². The van der Waals surface area contributed by atoms with Gasteiger partial charge in [-0.05, 0) is 19.9 Å². The summed E-state index contributed by atoms with van der Waals surface area (Å²) in [4.78, 5) is 0. The maximum Gasteiger partial charge on any atom is 0.124 e. The minimum atomic E-state index is 0.0617. The zero-order valence-corrected chi connectivity index (χ0v) is 9.97. The van der Waals surface area contributed by atoms with Crippen LogP contribution in [-0.2, 0) is 6.54 Å². The summed E-state index contributed by atoms with van der Waals surface area (Å²) in [7, 11) is 0. The van der Waals surface area contributed by atoms with Crippen molar-refractivity contribution in [2.45, 2.75) is 26.4 Å². The number of nitrogens with zero attached hydrogens (tertiary/aromatic N) is 1. The van der Waals surface area contributed by atoms with E-state index in [0.717, 1.165) is 16.8 Å². The van der Waals surface area contributed by atoms with Crippen LogP contribution in [0.1, 0.15) is 29.8 Å². The molecule has 4 heteroatoms. The summed E-state index contributed by atoms with van der Waals surface area (Å²) in [6.45, 7) is 4.63. The molecule has 0 aliphatic heterocycles. The molecule has 4 nitrogen and oxygen atoms in total. The van der Waals surface area contributed by atoms with E-state index >= 15 is 0 Å². The number of nitrogens with one attached hydrogen (secondary N) is 1. The van der Waals surface area contributed by atoms with Gasteiger partial charge in [-0.2, -0.15) is 0 Å². The molecule has 0 aliphatic carbocycles. The second kappa shape index (κ2) is 5.01. The van der Waals surface area contributed by atoms with Gasteiger partial charge in [-0.3, -0.25) is 0 Å². The monoisotopic (exact) mass is 232 g/mol. The van der Waals surface area contributed by atoms with Crippen LogP contribution in [0.25, 0.3) is 0 Å². The van der Waals surface area contributed by atoms with Gasteiger partial charge < -0.3 is 14.9 Å². The smallest absolute Gasteiger partial charge is 0.124 e. The standard InChI is InChI=1S/C13H16N2O2/c1-9-3-4-13(16)12(7-9)10(2)14-8-11-5-6-17-15-11/h3-7,10,14,16H,8H2,1-2H3. The molecule has 1 aromatic carbocycles. The van der Waals surface area contributed by atoms with Crippen molar-refractivity contribution in [2.24, 2.45) is 0 Å². The Labute approximate surface area is 100 Å². The first-order chi connectivity index (χ1) is 8.16. The van der Waals surface area contributed by atoms with Crippen LogP contribution in [0.15, 0.2) is 35.1 Å². The number of benzene rings is 1. The number of phenolic OH excluding ortho intramolecular Hbond substituents is 1. The Morgan fingerprint density at radius 2 is 2.24 bits per heavy atom. The molecular formula is C13H16N2O2. The lowest BCUT2D eigenvalue weighted by Crippen LogP contribution is -2.18. The lowest BCUT2D eigenvalue weighted by atomic mass is 10.0. The number of phenols is 1. The maximum atomic E-state index is 9.79. The molecule has 1 aromatic heterocycles. The van der Waals surface area contributed by atoms with E-state index in [1.54, 1.807) is 12.3 Å². The molecule has 1 atom stereocenters. The molecular weight excluding hydrogens is 216 g/mol. The summed E-state index contributed by atoms with van der Waals surface area (Å²) < 4.78 is 4.76. The first-order valence-corrected chi connectivity index (χ1v) is 5.59. The van der Waals surface area contributed by atoms with Crippen molar-refractivity contribution in [1.29, 1.82) is 0 Å². The van der Waals surface area contributed by atoms with Gasteiger partial charge in [0.1, 0.15) is 12.0 Å². The van der Waals surface area contributed by atoms with Crippen LogP contribution in [0.3, 0.4) is 0 Å². The highest BCUT2D eigenvalue weighted by atomic mass is 16.5. The SMILES string of the molecule is Cc1ccc(O)c(C(C)NCc2ccon2)c1. The summed E-state index contributed by atoms with van der Waals surface area (Å²) in [5.74, 6) is 0.316. The highest BCUT2D eigenvalue weighted by molar-refractivity contribution is 5.37. The Bertz CT molecular complexity index is 480. The largest absolute Gasteiger partial charge is 0.508 e. The number of hydrogen-bond acceptors (Lipinski definition) is 4. The molecule has 2 rings (SSSR count). The molecule has 0 bridgehead atoms. The zero-order valence-electron chi connectivity index (χ0n) is 9.97. The molecule has 0 amide bonds. The van der Waals surface area contributed by atoms with Gasteiger partial charge in [0.2, 0.25) is 0 Å². The Hall–Kier alpha value is -1.81. The Kier molecular flexibility index (Phi) is 3.44. The van der Waals surface area contributed by atoms with Crippen LogP contribution in [-0.4, -0.2) is 10.3 Å². The first-order valence-electron chi connectivity index (χ1n) is 5.59. The summed E-state index contributed by atoms with van der Waals surface area (Å²) in [5, 5.41) is 16.9. The zero-order chi connectivity index (χ0) is 12.3. The fourth-order valence-corrected chi connectivity index (χ4v) is 1.72. The molecule has 0 fully saturated rings. The third-order valence-corrected chi connectivity index (χ3v) is 2.73. The third-order valence-electron chi connectivity index (χ3n) is 2.73. The summed E-state index contributed by atoms with van der Waals surface area (Å²) in [5.41, 5.74) is 2.88. The molecule has 2 aromatic rings. The molecule has 0 spiro atoms. The number of aryl methyl sites for hydroxylation is 1. The van der Waals surface area contributed by atoms with Gasteiger partial charge in [0.15, 0.2) is 0 Å². The average Bonchev–Trinajstić information content (AvgIpc) is 2.82. The van der Waals surface area contributed by atoms with E-state index < -0.39 is 0 Å². The molecule has 0 radical (unpaired) electrons. The molecule has 0 saturated carbocycles. The van der Waals surface area contributed by atoms with E-state index in [4.69, 9.17) is 4.52 Å².